The molecule has 1 atom stereocenters. The van der Waals surface area contributed by atoms with Gasteiger partial charge in [-0.2, -0.15) is 0 Å². The number of ether oxygens (including phenoxy) is 2. The van der Waals surface area contributed by atoms with Gasteiger partial charge in [-0.3, -0.25) is 0 Å². The van der Waals surface area contributed by atoms with Gasteiger partial charge in [-0.15, -0.1) is 24.0 Å². The summed E-state index contributed by atoms with van der Waals surface area (Å²) in [4.78, 5) is 4.34. The highest BCUT2D eigenvalue weighted by molar-refractivity contribution is 14.0. The lowest BCUT2D eigenvalue weighted by Crippen LogP contribution is -2.40. The van der Waals surface area contributed by atoms with E-state index in [1.807, 2.05) is 39.0 Å². The van der Waals surface area contributed by atoms with Gasteiger partial charge in [0.1, 0.15) is 5.75 Å². The third-order valence-electron chi connectivity index (χ3n) is 2.75. The maximum absolute atomic E-state index is 5.85. The summed E-state index contributed by atoms with van der Waals surface area (Å²) in [7, 11) is 1.66. The minimum absolute atomic E-state index is 0. The zero-order valence-corrected chi connectivity index (χ0v) is 15.5. The van der Waals surface area contributed by atoms with E-state index in [0.717, 1.165) is 11.3 Å². The molecule has 0 saturated carbocycles. The quantitative estimate of drug-likeness (QED) is 0.414. The molecule has 0 aliphatic rings. The van der Waals surface area contributed by atoms with Crippen LogP contribution in [0.3, 0.4) is 0 Å². The predicted octanol–water partition coefficient (Wildman–Crippen LogP) is 2.45. The minimum Gasteiger partial charge on any atom is -0.494 e. The lowest BCUT2D eigenvalue weighted by molar-refractivity contribution is 0.179. The highest BCUT2D eigenvalue weighted by atomic mass is 127. The average Bonchev–Trinajstić information content (AvgIpc) is 2.38. The molecule has 1 aromatic rings. The first-order valence-electron chi connectivity index (χ1n) is 6.84. The van der Waals surface area contributed by atoms with Gasteiger partial charge in [0.05, 0.1) is 19.8 Å². The van der Waals surface area contributed by atoms with Crippen LogP contribution in [0, 0.1) is 6.92 Å². The number of hydrogen-bond donors (Lipinski definition) is 2. The highest BCUT2D eigenvalue weighted by Crippen LogP contribution is 2.21. The van der Waals surface area contributed by atoms with Crippen LogP contribution in [0.1, 0.15) is 25.0 Å². The normalized spacial score (nSPS) is 12.5. The van der Waals surface area contributed by atoms with Gasteiger partial charge in [-0.1, -0.05) is 12.1 Å². The van der Waals surface area contributed by atoms with Crippen molar-refractivity contribution in [3.63, 3.8) is 0 Å². The van der Waals surface area contributed by atoms with Crippen LogP contribution in [0.5, 0.6) is 5.75 Å². The Morgan fingerprint density at radius 3 is 2.76 bits per heavy atom. The second kappa shape index (κ2) is 10.7. The van der Waals surface area contributed by atoms with Crippen molar-refractivity contribution >= 4 is 29.9 Å². The number of nitrogens with zero attached hydrogens (tertiary/aromatic N) is 1. The molecule has 0 saturated heterocycles. The molecule has 1 unspecified atom stereocenters. The Morgan fingerprint density at radius 2 is 2.14 bits per heavy atom. The standard InChI is InChI=1S/C15H25N3O2.HI/c1-5-20-14-8-11(2)6-7-13(14)9-17-15(16)18-12(3)10-19-4;/h6-8,12H,5,9-10H2,1-4H3,(H3,16,17,18);1H. The summed E-state index contributed by atoms with van der Waals surface area (Å²) in [6.45, 7) is 7.72. The Hall–Kier alpha value is -1.02. The first-order valence-corrected chi connectivity index (χ1v) is 6.84. The largest absolute Gasteiger partial charge is 0.494 e. The van der Waals surface area contributed by atoms with Crippen LogP contribution in [-0.4, -0.2) is 32.3 Å². The third kappa shape index (κ3) is 7.52. The number of nitrogens with one attached hydrogen (secondary N) is 1. The molecule has 0 spiro atoms. The second-order valence-corrected chi connectivity index (χ2v) is 4.75. The maximum Gasteiger partial charge on any atom is 0.189 e. The van der Waals surface area contributed by atoms with Gasteiger partial charge in [0.25, 0.3) is 0 Å². The fraction of sp³-hybridized carbons (Fsp3) is 0.533. The van der Waals surface area contributed by atoms with Crippen LogP contribution in [0.15, 0.2) is 23.2 Å². The van der Waals surface area contributed by atoms with Crippen molar-refractivity contribution in [2.45, 2.75) is 33.4 Å². The van der Waals surface area contributed by atoms with Crippen molar-refractivity contribution in [1.82, 2.24) is 5.32 Å². The molecule has 1 rings (SSSR count). The summed E-state index contributed by atoms with van der Waals surface area (Å²) in [6.07, 6.45) is 0. The molecule has 1 aromatic carbocycles. The predicted molar refractivity (Wildman–Crippen MR) is 97.6 cm³/mol. The van der Waals surface area contributed by atoms with Gasteiger partial charge < -0.3 is 20.5 Å². The number of methoxy groups -OCH3 is 1. The first-order chi connectivity index (χ1) is 9.56. The van der Waals surface area contributed by atoms with Crippen molar-refractivity contribution in [2.75, 3.05) is 20.3 Å². The molecular weight excluding hydrogens is 381 g/mol. The summed E-state index contributed by atoms with van der Waals surface area (Å²) in [5, 5.41) is 3.08. The smallest absolute Gasteiger partial charge is 0.189 e. The van der Waals surface area contributed by atoms with Gasteiger partial charge in [0.2, 0.25) is 0 Å². The molecule has 5 nitrogen and oxygen atoms in total. The van der Waals surface area contributed by atoms with Gasteiger partial charge >= 0.3 is 0 Å². The van der Waals surface area contributed by atoms with Crippen molar-refractivity contribution in [3.8, 4) is 5.75 Å². The molecule has 3 N–H and O–H groups in total. The fourth-order valence-electron chi connectivity index (χ4n) is 1.84. The molecule has 0 fully saturated rings. The molecule has 0 radical (unpaired) electrons. The molecular formula is C15H26IN3O2. The molecule has 0 bridgehead atoms. The van der Waals surface area contributed by atoms with E-state index in [1.165, 1.54) is 5.56 Å². The highest BCUT2D eigenvalue weighted by Gasteiger charge is 2.05. The molecule has 6 heteroatoms. The summed E-state index contributed by atoms with van der Waals surface area (Å²) < 4.78 is 10.7. The number of aliphatic imine (C=N–C) groups is 1. The Kier molecular flexibility index (Phi) is 10.2. The number of aryl methyl sites for hydroxylation is 1. The number of benzene rings is 1. The van der Waals surface area contributed by atoms with Gasteiger partial charge in [0, 0.05) is 18.7 Å². The molecule has 0 aliphatic carbocycles. The summed E-state index contributed by atoms with van der Waals surface area (Å²) in [6, 6.07) is 6.22. The lowest BCUT2D eigenvalue weighted by atomic mass is 10.1. The summed E-state index contributed by atoms with van der Waals surface area (Å²) >= 11 is 0. The van der Waals surface area contributed by atoms with E-state index in [1.54, 1.807) is 7.11 Å². The van der Waals surface area contributed by atoms with E-state index in [-0.39, 0.29) is 30.0 Å². The van der Waals surface area contributed by atoms with Crippen LogP contribution >= 0.6 is 24.0 Å². The van der Waals surface area contributed by atoms with Crippen LogP contribution in [0.4, 0.5) is 0 Å². The molecule has 120 valence electrons. The van der Waals surface area contributed by atoms with E-state index in [4.69, 9.17) is 15.2 Å². The van der Waals surface area contributed by atoms with Gasteiger partial charge in [-0.25, -0.2) is 4.99 Å². The topological polar surface area (TPSA) is 68.9 Å². The van der Waals surface area contributed by atoms with Crippen LogP contribution in [0.2, 0.25) is 0 Å². The van der Waals surface area contributed by atoms with Gasteiger partial charge in [0.15, 0.2) is 5.96 Å². The fourth-order valence-corrected chi connectivity index (χ4v) is 1.84. The Balaban J connectivity index is 0.00000400. The Morgan fingerprint density at radius 1 is 1.43 bits per heavy atom. The van der Waals surface area contributed by atoms with E-state index in [0.29, 0.717) is 25.7 Å². The minimum atomic E-state index is 0. The second-order valence-electron chi connectivity index (χ2n) is 4.75. The zero-order chi connectivity index (χ0) is 15.0. The SMILES string of the molecule is CCOc1cc(C)ccc1CN=C(N)NC(C)COC.I. The monoisotopic (exact) mass is 407 g/mol. The van der Waals surface area contributed by atoms with Crippen molar-refractivity contribution < 1.29 is 9.47 Å². The molecule has 0 heterocycles. The van der Waals surface area contributed by atoms with E-state index in [2.05, 4.69) is 10.3 Å². The summed E-state index contributed by atoms with van der Waals surface area (Å²) in [5.74, 6) is 1.28. The Bertz CT molecular complexity index is 453. The first kappa shape index (κ1) is 20.0. The van der Waals surface area contributed by atoms with E-state index in [9.17, 15) is 0 Å². The van der Waals surface area contributed by atoms with Gasteiger partial charge in [-0.05, 0) is 32.4 Å². The maximum atomic E-state index is 5.85. The zero-order valence-electron chi connectivity index (χ0n) is 13.2. The number of nitrogens with two attached hydrogens (primary N) is 1. The van der Waals surface area contributed by atoms with Crippen molar-refractivity contribution in [2.24, 2.45) is 10.7 Å². The number of hydrogen-bond acceptors (Lipinski definition) is 3. The average molecular weight is 407 g/mol. The molecule has 0 amide bonds. The Labute approximate surface area is 144 Å². The van der Waals surface area contributed by atoms with E-state index >= 15 is 0 Å². The number of rotatable bonds is 7. The van der Waals surface area contributed by atoms with Crippen molar-refractivity contribution in [3.05, 3.63) is 29.3 Å². The number of halogens is 1. The molecule has 0 aliphatic heterocycles. The number of guanidine groups is 1. The van der Waals surface area contributed by atoms with E-state index < -0.39 is 0 Å². The third-order valence-corrected chi connectivity index (χ3v) is 2.75. The van der Waals surface area contributed by atoms with Crippen LogP contribution < -0.4 is 15.8 Å². The van der Waals surface area contributed by atoms with Crippen LogP contribution in [-0.2, 0) is 11.3 Å². The lowest BCUT2D eigenvalue weighted by Gasteiger charge is -2.14. The molecule has 0 aromatic heterocycles. The van der Waals surface area contributed by atoms with Crippen LogP contribution in [0.25, 0.3) is 0 Å². The molecule has 21 heavy (non-hydrogen) atoms. The van der Waals surface area contributed by atoms with Crippen molar-refractivity contribution in [1.29, 1.82) is 0 Å². The summed E-state index contributed by atoms with van der Waals surface area (Å²) in [5.41, 5.74) is 8.05.